The van der Waals surface area contributed by atoms with Crippen molar-refractivity contribution in [1.82, 2.24) is 14.7 Å². The van der Waals surface area contributed by atoms with Crippen LogP contribution < -0.4 is 5.73 Å². The molecule has 2 N–H and O–H groups in total. The van der Waals surface area contributed by atoms with Crippen molar-refractivity contribution in [3.63, 3.8) is 0 Å². The molecule has 1 amide bonds. The topological polar surface area (TPSA) is 52.8 Å². The van der Waals surface area contributed by atoms with Gasteiger partial charge in [0.05, 0.1) is 6.04 Å². The minimum atomic E-state index is 0.0881. The third kappa shape index (κ3) is 5.10. The number of piperazine rings is 1. The smallest absolute Gasteiger partial charge is 0.253 e. The molecule has 0 bridgehead atoms. The van der Waals surface area contributed by atoms with Gasteiger partial charge in [-0.25, -0.2) is 0 Å². The van der Waals surface area contributed by atoms with Gasteiger partial charge in [0.2, 0.25) is 0 Å². The van der Waals surface area contributed by atoms with Crippen LogP contribution >= 0.6 is 0 Å². The van der Waals surface area contributed by atoms with Crippen molar-refractivity contribution in [2.24, 2.45) is 0 Å². The first-order valence-electron chi connectivity index (χ1n) is 10.9. The van der Waals surface area contributed by atoms with Crippen LogP contribution in [0.15, 0.2) is 61.2 Å². The number of amides is 1. The summed E-state index contributed by atoms with van der Waals surface area (Å²) in [5.74, 6) is 0.0881. The summed E-state index contributed by atoms with van der Waals surface area (Å²) in [7, 11) is 0. The van der Waals surface area contributed by atoms with E-state index in [-0.39, 0.29) is 11.9 Å². The van der Waals surface area contributed by atoms with Crippen LogP contribution in [0.5, 0.6) is 0 Å². The average molecular weight is 407 g/mol. The molecule has 1 saturated heterocycles. The Morgan fingerprint density at radius 1 is 1.07 bits per heavy atom. The van der Waals surface area contributed by atoms with E-state index >= 15 is 0 Å². The van der Waals surface area contributed by atoms with Crippen LogP contribution in [0.2, 0.25) is 0 Å². The second kappa shape index (κ2) is 10.4. The predicted octanol–water partition coefficient (Wildman–Crippen LogP) is 3.64. The van der Waals surface area contributed by atoms with Crippen LogP contribution in [0.25, 0.3) is 0 Å². The zero-order valence-corrected chi connectivity index (χ0v) is 18.3. The van der Waals surface area contributed by atoms with E-state index in [1.54, 1.807) is 0 Å². The van der Waals surface area contributed by atoms with Gasteiger partial charge in [0.15, 0.2) is 0 Å². The van der Waals surface area contributed by atoms with Crippen LogP contribution in [-0.4, -0.2) is 66.4 Å². The zero-order valence-electron chi connectivity index (χ0n) is 18.3. The molecule has 0 aromatic heterocycles. The third-order valence-electron chi connectivity index (χ3n) is 5.91. The van der Waals surface area contributed by atoms with Gasteiger partial charge in [-0.15, -0.1) is 6.58 Å². The maximum Gasteiger partial charge on any atom is 0.253 e. The van der Waals surface area contributed by atoms with Crippen LogP contribution in [0.1, 0.15) is 41.4 Å². The second-order valence-corrected chi connectivity index (χ2v) is 7.80. The van der Waals surface area contributed by atoms with Gasteiger partial charge in [-0.3, -0.25) is 14.6 Å². The van der Waals surface area contributed by atoms with Gasteiger partial charge in [0.1, 0.15) is 0 Å². The van der Waals surface area contributed by atoms with Crippen LogP contribution in [-0.2, 0) is 0 Å². The van der Waals surface area contributed by atoms with Crippen molar-refractivity contribution < 1.29 is 4.79 Å². The molecular weight excluding hydrogens is 372 g/mol. The molecule has 160 valence electrons. The number of carbonyl (C=O) groups excluding carboxylic acids is 1. The highest BCUT2D eigenvalue weighted by Crippen LogP contribution is 2.31. The highest BCUT2D eigenvalue weighted by atomic mass is 16.2. The van der Waals surface area contributed by atoms with E-state index in [4.69, 9.17) is 5.73 Å². The van der Waals surface area contributed by atoms with E-state index in [1.807, 2.05) is 49.1 Å². The Morgan fingerprint density at radius 2 is 1.73 bits per heavy atom. The fraction of sp³-hybridized carbons (Fsp3) is 0.400. The van der Waals surface area contributed by atoms with Crippen molar-refractivity contribution in [3.8, 4) is 0 Å². The number of nitrogen functional groups attached to an aromatic ring is 1. The molecule has 1 unspecified atom stereocenters. The Hall–Kier alpha value is -2.63. The van der Waals surface area contributed by atoms with E-state index in [0.717, 1.165) is 57.1 Å². The molecule has 1 aliphatic rings. The van der Waals surface area contributed by atoms with Crippen molar-refractivity contribution in [2.75, 3.05) is 51.5 Å². The summed E-state index contributed by atoms with van der Waals surface area (Å²) >= 11 is 0. The zero-order chi connectivity index (χ0) is 21.5. The number of hydrogen-bond donors (Lipinski definition) is 1. The Bertz CT molecular complexity index is 836. The minimum absolute atomic E-state index is 0.0881. The lowest BCUT2D eigenvalue weighted by molar-refractivity contribution is 0.0773. The van der Waals surface area contributed by atoms with Gasteiger partial charge in [-0.2, -0.15) is 0 Å². The molecule has 0 radical (unpaired) electrons. The van der Waals surface area contributed by atoms with Crippen molar-refractivity contribution in [2.45, 2.75) is 19.9 Å². The monoisotopic (exact) mass is 406 g/mol. The van der Waals surface area contributed by atoms with Gasteiger partial charge >= 0.3 is 0 Å². The van der Waals surface area contributed by atoms with Gasteiger partial charge in [-0.05, 0) is 49.2 Å². The molecule has 30 heavy (non-hydrogen) atoms. The number of anilines is 1. The number of benzene rings is 2. The molecule has 0 saturated carbocycles. The number of nitrogens with two attached hydrogens (primary N) is 1. The molecule has 5 heteroatoms. The molecule has 1 fully saturated rings. The van der Waals surface area contributed by atoms with E-state index in [1.165, 1.54) is 11.1 Å². The molecule has 3 rings (SSSR count). The summed E-state index contributed by atoms with van der Waals surface area (Å²) in [6.45, 7) is 14.2. The Labute approximate surface area is 180 Å². The number of hydrogen-bond acceptors (Lipinski definition) is 4. The largest absolute Gasteiger partial charge is 0.399 e. The number of rotatable bonds is 8. The molecule has 2 aromatic carbocycles. The quantitative estimate of drug-likeness (QED) is 0.537. The first-order valence-corrected chi connectivity index (χ1v) is 10.9. The summed E-state index contributed by atoms with van der Waals surface area (Å²) in [6.07, 6.45) is 1.97. The van der Waals surface area contributed by atoms with Crippen LogP contribution in [0, 0.1) is 0 Å². The summed E-state index contributed by atoms with van der Waals surface area (Å²) in [5, 5.41) is 0. The normalized spacial score (nSPS) is 16.2. The lowest BCUT2D eigenvalue weighted by atomic mass is 9.95. The maximum atomic E-state index is 12.7. The van der Waals surface area contributed by atoms with Gasteiger partial charge in [0.25, 0.3) is 5.91 Å². The minimum Gasteiger partial charge on any atom is -0.399 e. The lowest BCUT2D eigenvalue weighted by Crippen LogP contribution is -2.47. The van der Waals surface area contributed by atoms with Crippen LogP contribution in [0.3, 0.4) is 0 Å². The van der Waals surface area contributed by atoms with Gasteiger partial charge < -0.3 is 10.6 Å². The first-order chi connectivity index (χ1) is 14.6. The summed E-state index contributed by atoms with van der Waals surface area (Å²) in [6, 6.07) is 16.4. The Morgan fingerprint density at radius 3 is 2.30 bits per heavy atom. The highest BCUT2D eigenvalue weighted by molar-refractivity contribution is 5.94. The standard InChI is InChI=1S/C25H34N4O/c1-4-14-27-15-17-29(18-16-27)24(22-8-7-9-23(26)19-22)20-10-12-21(13-11-20)25(30)28(5-2)6-3/h4,7-13,19,24H,1,5-6,14-18,26H2,2-3H3. The first kappa shape index (κ1) is 22.1. The van der Waals surface area contributed by atoms with Crippen LogP contribution in [0.4, 0.5) is 5.69 Å². The summed E-state index contributed by atoms with van der Waals surface area (Å²) < 4.78 is 0. The highest BCUT2D eigenvalue weighted by Gasteiger charge is 2.26. The molecule has 1 atom stereocenters. The van der Waals surface area contributed by atoms with E-state index in [2.05, 4.69) is 40.6 Å². The maximum absolute atomic E-state index is 12.7. The molecule has 5 nitrogen and oxygen atoms in total. The van der Waals surface area contributed by atoms with Gasteiger partial charge in [-0.1, -0.05) is 30.3 Å². The second-order valence-electron chi connectivity index (χ2n) is 7.80. The molecular formula is C25H34N4O. The van der Waals surface area contributed by atoms with Crippen molar-refractivity contribution in [1.29, 1.82) is 0 Å². The molecule has 0 aliphatic carbocycles. The predicted molar refractivity (Wildman–Crippen MR) is 125 cm³/mol. The van der Waals surface area contributed by atoms with Crippen molar-refractivity contribution >= 4 is 11.6 Å². The average Bonchev–Trinajstić information content (AvgIpc) is 2.77. The van der Waals surface area contributed by atoms with Gasteiger partial charge in [0, 0.05) is 57.1 Å². The lowest BCUT2D eigenvalue weighted by Gasteiger charge is -2.39. The van der Waals surface area contributed by atoms with Crippen molar-refractivity contribution in [3.05, 3.63) is 77.9 Å². The fourth-order valence-corrected chi connectivity index (χ4v) is 4.23. The Kier molecular flexibility index (Phi) is 7.66. The Balaban J connectivity index is 1.87. The number of carbonyl (C=O) groups is 1. The molecule has 1 heterocycles. The molecule has 0 spiro atoms. The summed E-state index contributed by atoms with van der Waals surface area (Å²) in [4.78, 5) is 19.5. The van der Waals surface area contributed by atoms with E-state index in [9.17, 15) is 4.79 Å². The molecule has 2 aromatic rings. The fourth-order valence-electron chi connectivity index (χ4n) is 4.23. The van der Waals surface area contributed by atoms with E-state index < -0.39 is 0 Å². The SMILES string of the molecule is C=CCN1CCN(C(c2ccc(C(=O)N(CC)CC)cc2)c2cccc(N)c2)CC1. The van der Waals surface area contributed by atoms with E-state index in [0.29, 0.717) is 0 Å². The summed E-state index contributed by atoms with van der Waals surface area (Å²) in [5.41, 5.74) is 10.00. The molecule has 1 aliphatic heterocycles. The third-order valence-corrected chi connectivity index (χ3v) is 5.91. The number of nitrogens with zero attached hydrogens (tertiary/aromatic N) is 3.